The molecule has 0 spiro atoms. The highest BCUT2D eigenvalue weighted by Crippen LogP contribution is 2.18. The number of nitrogens with zero attached hydrogens (tertiary/aromatic N) is 4. The van der Waals surface area contributed by atoms with Gasteiger partial charge in [-0.15, -0.1) is 0 Å². The fraction of sp³-hybridized carbons (Fsp3) is 0.500. The summed E-state index contributed by atoms with van der Waals surface area (Å²) < 4.78 is 53.8. The molecule has 0 radical (unpaired) electrons. The van der Waals surface area contributed by atoms with Crippen LogP contribution in [0.5, 0.6) is 0 Å². The first-order valence-electron chi connectivity index (χ1n) is 6.70. The number of alkyl halides is 2. The fourth-order valence-electron chi connectivity index (χ4n) is 1.98. The van der Waals surface area contributed by atoms with Crippen LogP contribution in [0.1, 0.15) is 19.2 Å². The van der Waals surface area contributed by atoms with E-state index < -0.39 is 16.6 Å². The Morgan fingerprint density at radius 2 is 2.09 bits per heavy atom. The molecule has 23 heavy (non-hydrogen) atoms. The molecule has 0 aliphatic heterocycles. The molecular weight excluding hydrogens is 352 g/mol. The Morgan fingerprint density at radius 1 is 1.39 bits per heavy atom. The third-order valence-corrected chi connectivity index (χ3v) is 4.81. The predicted molar refractivity (Wildman–Crippen MR) is 79.8 cm³/mol. The van der Waals surface area contributed by atoms with E-state index in [4.69, 9.17) is 11.6 Å². The van der Waals surface area contributed by atoms with E-state index in [2.05, 4.69) is 14.9 Å². The predicted octanol–water partition coefficient (Wildman–Crippen LogP) is 2.05. The van der Waals surface area contributed by atoms with Crippen LogP contribution in [-0.4, -0.2) is 34.5 Å². The van der Waals surface area contributed by atoms with Gasteiger partial charge in [0.2, 0.25) is 10.0 Å². The zero-order valence-corrected chi connectivity index (χ0v) is 14.0. The van der Waals surface area contributed by atoms with Crippen molar-refractivity contribution >= 4 is 21.6 Å². The van der Waals surface area contributed by atoms with Crippen LogP contribution in [0.3, 0.4) is 0 Å². The number of aromatic nitrogens is 4. The Kier molecular flexibility index (Phi) is 5.37. The normalized spacial score (nSPS) is 13.7. The van der Waals surface area contributed by atoms with Gasteiger partial charge in [-0.1, -0.05) is 18.5 Å². The summed E-state index contributed by atoms with van der Waals surface area (Å²) in [4.78, 5) is -0.257. The first kappa shape index (κ1) is 17.8. The molecule has 0 aliphatic carbocycles. The molecular formula is C12H16ClF2N5O2S. The van der Waals surface area contributed by atoms with Crippen LogP contribution < -0.4 is 4.72 Å². The zero-order valence-electron chi connectivity index (χ0n) is 12.4. The van der Waals surface area contributed by atoms with Gasteiger partial charge in [0.05, 0.1) is 23.1 Å². The second-order valence-electron chi connectivity index (χ2n) is 5.17. The van der Waals surface area contributed by atoms with Crippen LogP contribution in [0, 0.1) is 12.8 Å². The van der Waals surface area contributed by atoms with Gasteiger partial charge in [-0.2, -0.15) is 19.0 Å². The summed E-state index contributed by atoms with van der Waals surface area (Å²) in [5.74, 6) is -0.0776. The number of hydrogen-bond donors (Lipinski definition) is 1. The Morgan fingerprint density at radius 3 is 2.61 bits per heavy atom. The Hall–Kier alpha value is -1.52. The number of hydrogen-bond acceptors (Lipinski definition) is 4. The molecule has 2 rings (SSSR count). The summed E-state index contributed by atoms with van der Waals surface area (Å²) in [5.41, 5.74) is 0.0179. The molecule has 2 heterocycles. The Labute approximate surface area is 137 Å². The van der Waals surface area contributed by atoms with Crippen molar-refractivity contribution in [3.05, 3.63) is 29.3 Å². The van der Waals surface area contributed by atoms with E-state index in [1.54, 1.807) is 10.9 Å². The molecule has 7 nitrogen and oxygen atoms in total. The third kappa shape index (κ3) is 4.49. The smallest absolute Gasteiger partial charge is 0.271 e. The average Bonchev–Trinajstić information content (AvgIpc) is 3.03. The van der Waals surface area contributed by atoms with E-state index in [9.17, 15) is 17.2 Å². The molecule has 0 saturated heterocycles. The number of sulfonamides is 1. The standard InChI is InChI=1S/C12H16ClF2N5O2S/c1-8(5-19-6-10(13)4-16-19)3-17-23(21,22)11-7-20(12(14)15)18-9(11)2/h4,6-8,12,17H,3,5H2,1-2H3. The molecule has 1 unspecified atom stereocenters. The Balaban J connectivity index is 2.01. The lowest BCUT2D eigenvalue weighted by molar-refractivity contribution is 0.0561. The largest absolute Gasteiger partial charge is 0.333 e. The van der Waals surface area contributed by atoms with Crippen LogP contribution in [0.4, 0.5) is 8.78 Å². The second-order valence-corrected chi connectivity index (χ2v) is 7.35. The number of rotatable bonds is 7. The van der Waals surface area contributed by atoms with E-state index in [1.807, 2.05) is 6.92 Å². The number of aryl methyl sites for hydroxylation is 1. The van der Waals surface area contributed by atoms with E-state index in [0.717, 1.165) is 6.20 Å². The first-order valence-corrected chi connectivity index (χ1v) is 8.56. The van der Waals surface area contributed by atoms with Gasteiger partial charge in [0.25, 0.3) is 0 Å². The van der Waals surface area contributed by atoms with Crippen LogP contribution in [0.2, 0.25) is 5.02 Å². The lowest BCUT2D eigenvalue weighted by Crippen LogP contribution is -2.30. The van der Waals surface area contributed by atoms with Gasteiger partial charge in [-0.05, 0) is 12.8 Å². The molecule has 2 aromatic rings. The quantitative estimate of drug-likeness (QED) is 0.812. The maximum atomic E-state index is 12.6. The van der Waals surface area contributed by atoms with Crippen molar-refractivity contribution in [3.8, 4) is 0 Å². The molecule has 0 saturated carbocycles. The van der Waals surface area contributed by atoms with E-state index in [0.29, 0.717) is 16.2 Å². The number of nitrogens with one attached hydrogen (secondary N) is 1. The van der Waals surface area contributed by atoms with Gasteiger partial charge >= 0.3 is 6.55 Å². The molecule has 0 fully saturated rings. The van der Waals surface area contributed by atoms with Gasteiger partial charge in [-0.3, -0.25) is 4.68 Å². The third-order valence-electron chi connectivity index (χ3n) is 3.08. The topological polar surface area (TPSA) is 81.8 Å². The number of halogens is 3. The highest BCUT2D eigenvalue weighted by Gasteiger charge is 2.23. The highest BCUT2D eigenvalue weighted by atomic mass is 35.5. The lowest BCUT2D eigenvalue weighted by Gasteiger charge is -2.12. The maximum absolute atomic E-state index is 12.6. The molecule has 0 aromatic carbocycles. The van der Waals surface area contributed by atoms with Crippen LogP contribution in [0.15, 0.2) is 23.5 Å². The highest BCUT2D eigenvalue weighted by molar-refractivity contribution is 7.89. The van der Waals surface area contributed by atoms with Gasteiger partial charge in [-0.25, -0.2) is 17.8 Å². The minimum absolute atomic E-state index is 0.0179. The van der Waals surface area contributed by atoms with Crippen LogP contribution in [-0.2, 0) is 16.6 Å². The minimum Gasteiger partial charge on any atom is -0.271 e. The maximum Gasteiger partial charge on any atom is 0.333 e. The summed E-state index contributed by atoms with van der Waals surface area (Å²) >= 11 is 5.75. The molecule has 2 aromatic heterocycles. The first-order chi connectivity index (χ1) is 10.7. The van der Waals surface area contributed by atoms with Crippen molar-refractivity contribution in [1.29, 1.82) is 0 Å². The molecule has 1 atom stereocenters. The molecule has 1 N–H and O–H groups in total. The SMILES string of the molecule is Cc1nn(C(F)F)cc1S(=O)(=O)NCC(C)Cn1cc(Cl)cn1. The van der Waals surface area contributed by atoms with E-state index in [-0.39, 0.29) is 23.1 Å². The summed E-state index contributed by atoms with van der Waals surface area (Å²) in [6.07, 6.45) is 3.93. The summed E-state index contributed by atoms with van der Waals surface area (Å²) in [6.45, 7) is 0.890. The van der Waals surface area contributed by atoms with Gasteiger partial charge in [0.1, 0.15) is 4.90 Å². The van der Waals surface area contributed by atoms with Crippen molar-refractivity contribution in [2.24, 2.45) is 5.92 Å². The minimum atomic E-state index is -3.91. The fourth-order valence-corrected chi connectivity index (χ4v) is 3.47. The van der Waals surface area contributed by atoms with E-state index in [1.165, 1.54) is 13.1 Å². The summed E-state index contributed by atoms with van der Waals surface area (Å²) in [5, 5.41) is 7.99. The molecule has 0 bridgehead atoms. The van der Waals surface area contributed by atoms with Crippen LogP contribution >= 0.6 is 11.6 Å². The Bertz CT molecular complexity index is 774. The zero-order chi connectivity index (χ0) is 17.2. The van der Waals surface area contributed by atoms with Crippen molar-refractivity contribution in [2.75, 3.05) is 6.54 Å². The van der Waals surface area contributed by atoms with Gasteiger partial charge < -0.3 is 0 Å². The van der Waals surface area contributed by atoms with Crippen molar-refractivity contribution in [1.82, 2.24) is 24.3 Å². The van der Waals surface area contributed by atoms with Crippen LogP contribution in [0.25, 0.3) is 0 Å². The van der Waals surface area contributed by atoms with Crippen molar-refractivity contribution in [2.45, 2.75) is 31.8 Å². The van der Waals surface area contributed by atoms with Crippen molar-refractivity contribution < 1.29 is 17.2 Å². The van der Waals surface area contributed by atoms with Gasteiger partial charge in [0.15, 0.2) is 0 Å². The van der Waals surface area contributed by atoms with Gasteiger partial charge in [0, 0.05) is 19.3 Å². The monoisotopic (exact) mass is 367 g/mol. The second kappa shape index (κ2) is 6.93. The van der Waals surface area contributed by atoms with Crippen molar-refractivity contribution in [3.63, 3.8) is 0 Å². The summed E-state index contributed by atoms with van der Waals surface area (Å²) in [7, 11) is -3.91. The molecule has 0 amide bonds. The molecule has 11 heteroatoms. The summed E-state index contributed by atoms with van der Waals surface area (Å²) in [6, 6.07) is 0. The van der Waals surface area contributed by atoms with E-state index >= 15 is 0 Å². The average molecular weight is 368 g/mol. The molecule has 128 valence electrons. The lowest BCUT2D eigenvalue weighted by atomic mass is 10.2. The molecule has 0 aliphatic rings.